The number of aldehydes is 1. The number of rotatable bonds is 9. The van der Waals surface area contributed by atoms with Crippen molar-refractivity contribution in [3.8, 4) is 11.5 Å². The molecule has 0 atom stereocenters. The van der Waals surface area contributed by atoms with Crippen molar-refractivity contribution in [2.45, 2.75) is 13.0 Å². The van der Waals surface area contributed by atoms with Gasteiger partial charge in [0.05, 0.1) is 6.61 Å². The average molecular weight is 300 g/mol. The maximum absolute atomic E-state index is 10.8. The van der Waals surface area contributed by atoms with Crippen LogP contribution in [-0.2, 0) is 22.6 Å². The standard InChI is InChI=1S/C18H20O4/c1-20-11-12-21-17-8-7-16(9-10-19)18(13-17)22-14-15-5-3-2-4-6-15/h2-8,10,13H,9,11-12,14H2,1H3. The van der Waals surface area contributed by atoms with Crippen LogP contribution in [0.2, 0.25) is 0 Å². The molecule has 4 heteroatoms. The molecule has 4 nitrogen and oxygen atoms in total. The monoisotopic (exact) mass is 300 g/mol. The number of benzene rings is 2. The van der Waals surface area contributed by atoms with Gasteiger partial charge in [-0.3, -0.25) is 0 Å². The third kappa shape index (κ3) is 4.90. The van der Waals surface area contributed by atoms with Crippen LogP contribution in [0.4, 0.5) is 0 Å². The van der Waals surface area contributed by atoms with Crippen LogP contribution < -0.4 is 9.47 Å². The van der Waals surface area contributed by atoms with Gasteiger partial charge in [0.1, 0.15) is 31.0 Å². The van der Waals surface area contributed by atoms with Gasteiger partial charge in [-0.2, -0.15) is 0 Å². The normalized spacial score (nSPS) is 10.2. The van der Waals surface area contributed by atoms with Crippen LogP contribution in [0, 0.1) is 0 Å². The summed E-state index contributed by atoms with van der Waals surface area (Å²) in [6.45, 7) is 1.45. The molecule has 0 saturated heterocycles. The van der Waals surface area contributed by atoms with E-state index in [4.69, 9.17) is 14.2 Å². The molecule has 2 rings (SSSR count). The highest BCUT2D eigenvalue weighted by molar-refractivity contribution is 5.58. The first kappa shape index (κ1) is 16.0. The zero-order valence-corrected chi connectivity index (χ0v) is 12.7. The maximum Gasteiger partial charge on any atom is 0.127 e. The minimum atomic E-state index is 0.322. The quantitative estimate of drug-likeness (QED) is 0.527. The van der Waals surface area contributed by atoms with Crippen LogP contribution in [-0.4, -0.2) is 26.6 Å². The SMILES string of the molecule is COCCOc1ccc(CC=O)c(OCc2ccccc2)c1. The highest BCUT2D eigenvalue weighted by atomic mass is 16.5. The molecule has 0 fully saturated rings. The lowest BCUT2D eigenvalue weighted by atomic mass is 10.1. The van der Waals surface area contributed by atoms with E-state index < -0.39 is 0 Å². The zero-order valence-electron chi connectivity index (χ0n) is 12.7. The Morgan fingerprint density at radius 1 is 1.00 bits per heavy atom. The summed E-state index contributed by atoms with van der Waals surface area (Å²) >= 11 is 0. The molecule has 0 aromatic heterocycles. The highest BCUT2D eigenvalue weighted by Crippen LogP contribution is 2.26. The molecule has 0 saturated carbocycles. The lowest BCUT2D eigenvalue weighted by Gasteiger charge is -2.13. The van der Waals surface area contributed by atoms with Gasteiger partial charge in [0.25, 0.3) is 0 Å². The third-order valence-corrected chi connectivity index (χ3v) is 3.14. The molecule has 0 aliphatic rings. The predicted octanol–water partition coefficient (Wildman–Crippen LogP) is 3.03. The topological polar surface area (TPSA) is 44.8 Å². The first-order valence-corrected chi connectivity index (χ1v) is 7.18. The summed E-state index contributed by atoms with van der Waals surface area (Å²) in [6.07, 6.45) is 1.19. The Morgan fingerprint density at radius 3 is 2.55 bits per heavy atom. The van der Waals surface area contributed by atoms with Gasteiger partial charge in [-0.05, 0) is 11.6 Å². The van der Waals surface area contributed by atoms with E-state index in [0.717, 1.165) is 17.4 Å². The van der Waals surface area contributed by atoms with E-state index in [0.29, 0.717) is 37.7 Å². The van der Waals surface area contributed by atoms with Gasteiger partial charge < -0.3 is 19.0 Å². The maximum atomic E-state index is 10.8. The number of methoxy groups -OCH3 is 1. The van der Waals surface area contributed by atoms with E-state index in [9.17, 15) is 4.79 Å². The van der Waals surface area contributed by atoms with Crippen molar-refractivity contribution in [1.82, 2.24) is 0 Å². The molecule has 0 spiro atoms. The van der Waals surface area contributed by atoms with Crippen LogP contribution in [0.3, 0.4) is 0 Å². The Bertz CT molecular complexity index is 581. The second kappa shape index (κ2) is 8.85. The lowest BCUT2D eigenvalue weighted by molar-refractivity contribution is -0.107. The van der Waals surface area contributed by atoms with E-state index in [1.54, 1.807) is 7.11 Å². The summed E-state index contributed by atoms with van der Waals surface area (Å²) in [4.78, 5) is 10.8. The molecule has 0 aliphatic heterocycles. The summed E-state index contributed by atoms with van der Waals surface area (Å²) in [5, 5.41) is 0. The zero-order chi connectivity index (χ0) is 15.6. The summed E-state index contributed by atoms with van der Waals surface area (Å²) in [6, 6.07) is 15.4. The van der Waals surface area contributed by atoms with Gasteiger partial charge in [-0.25, -0.2) is 0 Å². The van der Waals surface area contributed by atoms with Crippen molar-refractivity contribution in [2.75, 3.05) is 20.3 Å². The Balaban J connectivity index is 2.07. The van der Waals surface area contributed by atoms with E-state index >= 15 is 0 Å². The molecule has 2 aromatic rings. The Kier molecular flexibility index (Phi) is 6.45. The van der Waals surface area contributed by atoms with Crippen molar-refractivity contribution in [3.63, 3.8) is 0 Å². The van der Waals surface area contributed by atoms with Crippen molar-refractivity contribution in [3.05, 3.63) is 59.7 Å². The second-order valence-corrected chi connectivity index (χ2v) is 4.76. The lowest BCUT2D eigenvalue weighted by Crippen LogP contribution is -2.05. The van der Waals surface area contributed by atoms with Gasteiger partial charge in [-0.1, -0.05) is 36.4 Å². The van der Waals surface area contributed by atoms with Gasteiger partial charge >= 0.3 is 0 Å². The summed E-state index contributed by atoms with van der Waals surface area (Å²) in [5.74, 6) is 1.38. The summed E-state index contributed by atoms with van der Waals surface area (Å²) < 4.78 is 16.4. The molecular weight excluding hydrogens is 280 g/mol. The molecule has 0 aliphatic carbocycles. The summed E-state index contributed by atoms with van der Waals surface area (Å²) in [5.41, 5.74) is 1.93. The van der Waals surface area contributed by atoms with E-state index in [1.165, 1.54) is 0 Å². The largest absolute Gasteiger partial charge is 0.491 e. The van der Waals surface area contributed by atoms with E-state index in [1.807, 2.05) is 48.5 Å². The molecular formula is C18H20O4. The Labute approximate surface area is 130 Å². The minimum Gasteiger partial charge on any atom is -0.491 e. The Morgan fingerprint density at radius 2 is 1.82 bits per heavy atom. The molecule has 2 aromatic carbocycles. The van der Waals surface area contributed by atoms with Crippen LogP contribution >= 0.6 is 0 Å². The van der Waals surface area contributed by atoms with E-state index in [-0.39, 0.29) is 0 Å². The first-order chi connectivity index (χ1) is 10.8. The predicted molar refractivity (Wildman–Crippen MR) is 84.4 cm³/mol. The van der Waals surface area contributed by atoms with Crippen molar-refractivity contribution in [2.24, 2.45) is 0 Å². The van der Waals surface area contributed by atoms with Crippen molar-refractivity contribution < 1.29 is 19.0 Å². The van der Waals surface area contributed by atoms with Gasteiger partial charge in [0, 0.05) is 25.2 Å². The van der Waals surface area contributed by atoms with Crippen LogP contribution in [0.5, 0.6) is 11.5 Å². The summed E-state index contributed by atoms with van der Waals surface area (Å²) in [7, 11) is 1.63. The van der Waals surface area contributed by atoms with Gasteiger partial charge in [0.2, 0.25) is 0 Å². The number of ether oxygens (including phenoxy) is 3. The smallest absolute Gasteiger partial charge is 0.127 e. The van der Waals surface area contributed by atoms with Crippen LogP contribution in [0.15, 0.2) is 48.5 Å². The molecule has 0 radical (unpaired) electrons. The molecule has 22 heavy (non-hydrogen) atoms. The van der Waals surface area contributed by atoms with Gasteiger partial charge in [0.15, 0.2) is 0 Å². The Hall–Kier alpha value is -2.33. The molecule has 0 N–H and O–H groups in total. The molecule has 0 unspecified atom stereocenters. The fourth-order valence-corrected chi connectivity index (χ4v) is 2.00. The molecule has 0 amide bonds. The van der Waals surface area contributed by atoms with Crippen molar-refractivity contribution >= 4 is 6.29 Å². The highest BCUT2D eigenvalue weighted by Gasteiger charge is 2.07. The number of hydrogen-bond donors (Lipinski definition) is 0. The van der Waals surface area contributed by atoms with Crippen molar-refractivity contribution in [1.29, 1.82) is 0 Å². The fourth-order valence-electron chi connectivity index (χ4n) is 2.00. The number of carbonyl (C=O) groups is 1. The molecule has 116 valence electrons. The van der Waals surface area contributed by atoms with Crippen LogP contribution in [0.25, 0.3) is 0 Å². The second-order valence-electron chi connectivity index (χ2n) is 4.76. The number of hydrogen-bond acceptors (Lipinski definition) is 4. The fraction of sp³-hybridized carbons (Fsp3) is 0.278. The van der Waals surface area contributed by atoms with E-state index in [2.05, 4.69) is 0 Å². The molecule has 0 heterocycles. The average Bonchev–Trinajstić information content (AvgIpc) is 2.56. The minimum absolute atomic E-state index is 0.322. The molecule has 0 bridgehead atoms. The third-order valence-electron chi connectivity index (χ3n) is 3.14. The van der Waals surface area contributed by atoms with Crippen LogP contribution in [0.1, 0.15) is 11.1 Å². The first-order valence-electron chi connectivity index (χ1n) is 7.18. The van der Waals surface area contributed by atoms with Gasteiger partial charge in [-0.15, -0.1) is 0 Å². The number of carbonyl (C=O) groups excluding carboxylic acids is 1.